The summed E-state index contributed by atoms with van der Waals surface area (Å²) < 4.78 is 5.33. The maximum Gasteiger partial charge on any atom is 0.226 e. The highest BCUT2D eigenvalue weighted by molar-refractivity contribution is 5.91. The van der Waals surface area contributed by atoms with Crippen LogP contribution in [-0.4, -0.2) is 24.7 Å². The predicted molar refractivity (Wildman–Crippen MR) is 72.0 cm³/mol. The summed E-state index contributed by atoms with van der Waals surface area (Å²) in [7, 11) is 1.63. The number of carbonyl (C=O) groups excluding carboxylic acids is 1. The molecule has 1 amide bonds. The molecule has 0 aromatic heterocycles. The Morgan fingerprint density at radius 1 is 1.39 bits per heavy atom. The summed E-state index contributed by atoms with van der Waals surface area (Å²) >= 11 is 0. The summed E-state index contributed by atoms with van der Waals surface area (Å²) in [4.78, 5) is 11.4. The Bertz CT molecular complexity index is 422. The number of aliphatic hydroxyl groups is 1. The topological polar surface area (TPSA) is 58.6 Å². The van der Waals surface area contributed by atoms with Crippen LogP contribution >= 0.6 is 0 Å². The Kier molecular flexibility index (Phi) is 4.73. The van der Waals surface area contributed by atoms with Crippen LogP contribution in [0.2, 0.25) is 0 Å². The Morgan fingerprint density at radius 2 is 2.06 bits per heavy atom. The molecule has 0 fully saturated rings. The minimum absolute atomic E-state index is 0.0664. The minimum Gasteiger partial charge on any atom is -0.496 e. The fourth-order valence-electron chi connectivity index (χ4n) is 1.70. The van der Waals surface area contributed by atoms with E-state index in [0.717, 1.165) is 17.0 Å². The van der Waals surface area contributed by atoms with E-state index in [2.05, 4.69) is 26.1 Å². The first-order valence-electron chi connectivity index (χ1n) is 5.97. The molecule has 1 aromatic carbocycles. The molecule has 1 rings (SSSR count). The highest BCUT2D eigenvalue weighted by Gasteiger charge is 2.19. The van der Waals surface area contributed by atoms with Gasteiger partial charge in [0.05, 0.1) is 20.1 Å². The van der Waals surface area contributed by atoms with Crippen LogP contribution < -0.4 is 10.1 Å². The number of hydrogen-bond acceptors (Lipinski definition) is 3. The Balaban J connectivity index is 3.00. The molecular weight excluding hydrogens is 230 g/mol. The summed E-state index contributed by atoms with van der Waals surface area (Å²) in [6.45, 7) is 6.12. The van der Waals surface area contributed by atoms with Crippen molar-refractivity contribution in [3.05, 3.63) is 23.8 Å². The van der Waals surface area contributed by atoms with Gasteiger partial charge in [-0.05, 0) is 23.6 Å². The van der Waals surface area contributed by atoms with E-state index in [4.69, 9.17) is 9.84 Å². The number of carbonyl (C=O) groups is 1. The Labute approximate surface area is 108 Å². The van der Waals surface area contributed by atoms with E-state index in [1.165, 1.54) is 0 Å². The van der Waals surface area contributed by atoms with Gasteiger partial charge in [0.1, 0.15) is 5.75 Å². The molecule has 1 aromatic rings. The second-order valence-electron chi connectivity index (χ2n) is 5.19. The molecule has 0 aliphatic heterocycles. The maximum atomic E-state index is 11.4. The predicted octanol–water partition coefficient (Wildman–Crippen LogP) is 2.31. The van der Waals surface area contributed by atoms with Crippen molar-refractivity contribution < 1.29 is 14.6 Å². The third kappa shape index (κ3) is 3.74. The number of amides is 1. The van der Waals surface area contributed by atoms with Gasteiger partial charge in [0.2, 0.25) is 5.91 Å². The van der Waals surface area contributed by atoms with Crippen LogP contribution in [0.3, 0.4) is 0 Å². The number of aliphatic hydroxyl groups excluding tert-OH is 1. The average Bonchev–Trinajstić information content (AvgIpc) is 2.28. The Morgan fingerprint density at radius 3 is 2.56 bits per heavy atom. The van der Waals surface area contributed by atoms with Crippen LogP contribution in [0.4, 0.5) is 5.69 Å². The second-order valence-corrected chi connectivity index (χ2v) is 5.19. The van der Waals surface area contributed by atoms with Gasteiger partial charge in [-0.25, -0.2) is 0 Å². The van der Waals surface area contributed by atoms with E-state index >= 15 is 0 Å². The molecule has 18 heavy (non-hydrogen) atoms. The van der Waals surface area contributed by atoms with E-state index in [9.17, 15) is 4.79 Å². The normalized spacial score (nSPS) is 11.2. The standard InChI is InChI=1S/C14H21NO3/c1-14(2,3)11-9-10(5-6-12(11)18-4)15-13(17)7-8-16/h5-6,9,16H,7-8H2,1-4H3,(H,15,17). The van der Waals surface area contributed by atoms with Crippen molar-refractivity contribution in [2.45, 2.75) is 32.6 Å². The van der Waals surface area contributed by atoms with Crippen molar-refractivity contribution in [3.8, 4) is 5.75 Å². The van der Waals surface area contributed by atoms with Crippen LogP contribution in [0, 0.1) is 0 Å². The van der Waals surface area contributed by atoms with Crippen LogP contribution in [-0.2, 0) is 10.2 Å². The highest BCUT2D eigenvalue weighted by atomic mass is 16.5. The molecule has 0 aliphatic rings. The highest BCUT2D eigenvalue weighted by Crippen LogP contribution is 2.33. The van der Waals surface area contributed by atoms with Crippen molar-refractivity contribution in [3.63, 3.8) is 0 Å². The van der Waals surface area contributed by atoms with Crippen molar-refractivity contribution in [2.75, 3.05) is 19.0 Å². The molecule has 0 aliphatic carbocycles. The lowest BCUT2D eigenvalue weighted by Crippen LogP contribution is -2.16. The molecule has 0 saturated carbocycles. The van der Waals surface area contributed by atoms with Crippen molar-refractivity contribution in [2.24, 2.45) is 0 Å². The lowest BCUT2D eigenvalue weighted by molar-refractivity contribution is -0.116. The number of rotatable bonds is 4. The van der Waals surface area contributed by atoms with Gasteiger partial charge in [-0.2, -0.15) is 0 Å². The van der Waals surface area contributed by atoms with Gasteiger partial charge in [0, 0.05) is 11.3 Å². The van der Waals surface area contributed by atoms with Crippen LogP contribution in [0.25, 0.3) is 0 Å². The first-order valence-corrected chi connectivity index (χ1v) is 5.97. The first kappa shape index (κ1) is 14.5. The summed E-state index contributed by atoms with van der Waals surface area (Å²) in [5, 5.41) is 11.5. The van der Waals surface area contributed by atoms with Crippen LogP contribution in [0.1, 0.15) is 32.8 Å². The Hall–Kier alpha value is -1.55. The monoisotopic (exact) mass is 251 g/mol. The maximum absolute atomic E-state index is 11.4. The molecule has 0 heterocycles. The fraction of sp³-hybridized carbons (Fsp3) is 0.500. The second kappa shape index (κ2) is 5.87. The van der Waals surface area contributed by atoms with Crippen molar-refractivity contribution >= 4 is 11.6 Å². The van der Waals surface area contributed by atoms with Crippen LogP contribution in [0.5, 0.6) is 5.75 Å². The van der Waals surface area contributed by atoms with Gasteiger partial charge in [-0.15, -0.1) is 0 Å². The third-order valence-corrected chi connectivity index (χ3v) is 2.63. The number of ether oxygens (including phenoxy) is 1. The van der Waals surface area contributed by atoms with Gasteiger partial charge in [-0.1, -0.05) is 20.8 Å². The molecule has 0 bridgehead atoms. The lowest BCUT2D eigenvalue weighted by Gasteiger charge is -2.23. The van der Waals surface area contributed by atoms with E-state index in [1.807, 2.05) is 12.1 Å². The summed E-state index contributed by atoms with van der Waals surface area (Å²) in [6, 6.07) is 5.55. The molecule has 0 atom stereocenters. The zero-order valence-electron chi connectivity index (χ0n) is 11.4. The van der Waals surface area contributed by atoms with Gasteiger partial charge >= 0.3 is 0 Å². The smallest absolute Gasteiger partial charge is 0.226 e. The molecule has 0 unspecified atom stereocenters. The molecule has 100 valence electrons. The lowest BCUT2D eigenvalue weighted by atomic mass is 9.86. The fourth-order valence-corrected chi connectivity index (χ4v) is 1.70. The SMILES string of the molecule is COc1ccc(NC(=O)CCO)cc1C(C)(C)C. The molecule has 0 spiro atoms. The first-order chi connectivity index (χ1) is 8.38. The number of nitrogens with one attached hydrogen (secondary N) is 1. The largest absolute Gasteiger partial charge is 0.496 e. The summed E-state index contributed by atoms with van der Waals surface area (Å²) in [6.07, 6.45) is 0.108. The van der Waals surface area contributed by atoms with Gasteiger partial charge < -0.3 is 15.2 Å². The molecule has 0 radical (unpaired) electrons. The molecule has 4 nitrogen and oxygen atoms in total. The molecule has 4 heteroatoms. The summed E-state index contributed by atoms with van der Waals surface area (Å²) in [5.74, 6) is 0.616. The summed E-state index contributed by atoms with van der Waals surface area (Å²) in [5.41, 5.74) is 1.69. The van der Waals surface area contributed by atoms with Crippen molar-refractivity contribution in [1.82, 2.24) is 0 Å². The van der Waals surface area contributed by atoms with E-state index in [0.29, 0.717) is 0 Å². The number of methoxy groups -OCH3 is 1. The van der Waals surface area contributed by atoms with Crippen LogP contribution in [0.15, 0.2) is 18.2 Å². The quantitative estimate of drug-likeness (QED) is 0.863. The van der Waals surface area contributed by atoms with Crippen molar-refractivity contribution in [1.29, 1.82) is 0 Å². The van der Waals surface area contributed by atoms with E-state index in [1.54, 1.807) is 13.2 Å². The zero-order valence-corrected chi connectivity index (χ0v) is 11.4. The number of benzene rings is 1. The zero-order chi connectivity index (χ0) is 13.8. The molecule has 0 saturated heterocycles. The number of anilines is 1. The van der Waals surface area contributed by atoms with Gasteiger partial charge in [-0.3, -0.25) is 4.79 Å². The van der Waals surface area contributed by atoms with Gasteiger partial charge in [0.25, 0.3) is 0 Å². The molecule has 2 N–H and O–H groups in total. The number of hydrogen-bond donors (Lipinski definition) is 2. The average molecular weight is 251 g/mol. The molecular formula is C14H21NO3. The van der Waals surface area contributed by atoms with Gasteiger partial charge in [0.15, 0.2) is 0 Å². The van der Waals surface area contributed by atoms with E-state index < -0.39 is 0 Å². The third-order valence-electron chi connectivity index (χ3n) is 2.63. The van der Waals surface area contributed by atoms with E-state index in [-0.39, 0.29) is 24.3 Å². The minimum atomic E-state index is -0.192.